The highest BCUT2D eigenvalue weighted by Gasteiger charge is 2.31. The number of hydrogen-bond donors (Lipinski definition) is 1. The SMILES string of the molecule is CSCC(C#N)(C#N)NCC1CN(Cc2ccc(F)cc2)CCO1. The lowest BCUT2D eigenvalue weighted by atomic mass is 10.1. The zero-order valence-electron chi connectivity index (χ0n) is 13.7. The molecule has 1 aromatic rings. The molecule has 0 saturated carbocycles. The molecule has 2 rings (SSSR count). The van der Waals surface area contributed by atoms with Crippen LogP contribution >= 0.6 is 11.8 Å². The van der Waals surface area contributed by atoms with Gasteiger partial charge in [0.15, 0.2) is 0 Å². The smallest absolute Gasteiger partial charge is 0.203 e. The Balaban J connectivity index is 1.88. The predicted molar refractivity (Wildman–Crippen MR) is 91.8 cm³/mol. The van der Waals surface area contributed by atoms with E-state index in [-0.39, 0.29) is 11.9 Å². The van der Waals surface area contributed by atoms with Crippen LogP contribution in [0, 0.1) is 28.5 Å². The largest absolute Gasteiger partial charge is 0.374 e. The van der Waals surface area contributed by atoms with Crippen molar-refractivity contribution < 1.29 is 9.13 Å². The standard InChI is InChI=1S/C17H21FN4OS/c1-24-13-17(11-19,12-20)21-8-16-10-22(6-7-23-16)9-14-2-4-15(18)5-3-14/h2-5,16,21H,6-10,13H2,1H3. The number of morpholine rings is 1. The minimum Gasteiger partial charge on any atom is -0.374 e. The summed E-state index contributed by atoms with van der Waals surface area (Å²) in [5.74, 6) is 0.174. The number of nitriles is 2. The van der Waals surface area contributed by atoms with Crippen molar-refractivity contribution in [2.45, 2.75) is 18.2 Å². The first kappa shape index (κ1) is 18.7. The van der Waals surface area contributed by atoms with Crippen molar-refractivity contribution in [2.24, 2.45) is 0 Å². The van der Waals surface area contributed by atoms with E-state index in [1.807, 2.05) is 6.26 Å². The Morgan fingerprint density at radius 3 is 2.71 bits per heavy atom. The van der Waals surface area contributed by atoms with Crippen molar-refractivity contribution in [2.75, 3.05) is 38.2 Å². The first-order chi connectivity index (χ1) is 11.6. The Hall–Kier alpha value is -1.64. The highest BCUT2D eigenvalue weighted by Crippen LogP contribution is 2.13. The molecule has 1 aliphatic heterocycles. The third kappa shape index (κ3) is 5.19. The second-order valence-corrected chi connectivity index (χ2v) is 6.66. The number of rotatable bonds is 7. The lowest BCUT2D eigenvalue weighted by Crippen LogP contribution is -2.52. The molecule has 24 heavy (non-hydrogen) atoms. The van der Waals surface area contributed by atoms with E-state index in [2.05, 4.69) is 22.4 Å². The Labute approximate surface area is 146 Å². The molecule has 5 nitrogen and oxygen atoms in total. The lowest BCUT2D eigenvalue weighted by molar-refractivity contribution is -0.0310. The van der Waals surface area contributed by atoms with Crippen LogP contribution < -0.4 is 5.32 Å². The summed E-state index contributed by atoms with van der Waals surface area (Å²) in [6, 6.07) is 10.6. The minimum atomic E-state index is -1.18. The lowest BCUT2D eigenvalue weighted by Gasteiger charge is -2.34. The first-order valence-corrected chi connectivity index (χ1v) is 9.15. The Morgan fingerprint density at radius 2 is 2.08 bits per heavy atom. The summed E-state index contributed by atoms with van der Waals surface area (Å²) in [7, 11) is 0. The van der Waals surface area contributed by atoms with Gasteiger partial charge in [0.25, 0.3) is 0 Å². The molecule has 0 amide bonds. The third-order valence-corrected chi connectivity index (χ3v) is 4.64. The number of thioether (sulfide) groups is 1. The van der Waals surface area contributed by atoms with Gasteiger partial charge in [0, 0.05) is 31.9 Å². The highest BCUT2D eigenvalue weighted by atomic mass is 32.2. The van der Waals surface area contributed by atoms with Gasteiger partial charge in [-0.2, -0.15) is 22.3 Å². The normalized spacial score (nSPS) is 18.8. The Morgan fingerprint density at radius 1 is 1.38 bits per heavy atom. The van der Waals surface area contributed by atoms with Crippen LogP contribution in [0.4, 0.5) is 4.39 Å². The van der Waals surface area contributed by atoms with E-state index in [4.69, 9.17) is 4.74 Å². The molecule has 7 heteroatoms. The van der Waals surface area contributed by atoms with Crippen LogP contribution in [-0.4, -0.2) is 54.8 Å². The van der Waals surface area contributed by atoms with Gasteiger partial charge in [0.05, 0.1) is 12.7 Å². The van der Waals surface area contributed by atoms with Crippen LogP contribution in [0.1, 0.15) is 5.56 Å². The van der Waals surface area contributed by atoms with Gasteiger partial charge in [0.1, 0.15) is 18.0 Å². The number of nitrogens with one attached hydrogen (secondary N) is 1. The molecular weight excluding hydrogens is 327 g/mol. The van der Waals surface area contributed by atoms with E-state index in [0.717, 1.165) is 18.7 Å². The molecule has 1 fully saturated rings. The summed E-state index contributed by atoms with van der Waals surface area (Å²) < 4.78 is 18.7. The monoisotopic (exact) mass is 348 g/mol. The van der Waals surface area contributed by atoms with Gasteiger partial charge in [-0.25, -0.2) is 4.39 Å². The molecule has 1 unspecified atom stereocenters. The van der Waals surface area contributed by atoms with Crippen LogP contribution in [-0.2, 0) is 11.3 Å². The van der Waals surface area contributed by atoms with Crippen molar-refractivity contribution in [1.82, 2.24) is 10.2 Å². The van der Waals surface area contributed by atoms with Gasteiger partial charge in [-0.1, -0.05) is 12.1 Å². The van der Waals surface area contributed by atoms with Gasteiger partial charge >= 0.3 is 0 Å². The topological polar surface area (TPSA) is 72.1 Å². The van der Waals surface area contributed by atoms with Gasteiger partial charge in [-0.3, -0.25) is 10.2 Å². The van der Waals surface area contributed by atoms with Crippen LogP contribution in [0.2, 0.25) is 0 Å². The zero-order chi connectivity index (χ0) is 17.4. The van der Waals surface area contributed by atoms with Gasteiger partial charge in [-0.05, 0) is 24.0 Å². The fraction of sp³-hybridized carbons (Fsp3) is 0.529. The molecule has 1 N–H and O–H groups in total. The summed E-state index contributed by atoms with van der Waals surface area (Å²) in [6.07, 6.45) is 1.79. The first-order valence-electron chi connectivity index (χ1n) is 7.75. The molecule has 0 bridgehead atoms. The average molecular weight is 348 g/mol. The summed E-state index contributed by atoms with van der Waals surface area (Å²) >= 11 is 1.46. The highest BCUT2D eigenvalue weighted by molar-refractivity contribution is 7.98. The van der Waals surface area contributed by atoms with Crippen molar-refractivity contribution in [3.63, 3.8) is 0 Å². The molecule has 1 saturated heterocycles. The molecule has 0 radical (unpaired) electrons. The van der Waals surface area contributed by atoms with Crippen molar-refractivity contribution >= 4 is 11.8 Å². The maximum atomic E-state index is 13.0. The maximum Gasteiger partial charge on any atom is 0.203 e. The Kier molecular flexibility index (Phi) is 7.01. The van der Waals surface area contributed by atoms with E-state index in [9.17, 15) is 14.9 Å². The number of hydrogen-bond acceptors (Lipinski definition) is 6. The van der Waals surface area contributed by atoms with Gasteiger partial charge < -0.3 is 4.74 Å². The molecule has 0 aliphatic carbocycles. The number of ether oxygens (including phenoxy) is 1. The summed E-state index contributed by atoms with van der Waals surface area (Å²) in [4.78, 5) is 2.23. The molecular formula is C17H21FN4OS. The molecule has 1 heterocycles. The van der Waals surface area contributed by atoms with Crippen molar-refractivity contribution in [3.05, 3.63) is 35.6 Å². The van der Waals surface area contributed by atoms with Crippen LogP contribution in [0.15, 0.2) is 24.3 Å². The van der Waals surface area contributed by atoms with Gasteiger partial charge in [0.2, 0.25) is 5.54 Å². The number of benzene rings is 1. The predicted octanol–water partition coefficient (Wildman–Crippen LogP) is 1.77. The van der Waals surface area contributed by atoms with Crippen LogP contribution in [0.3, 0.4) is 0 Å². The van der Waals surface area contributed by atoms with E-state index in [1.54, 1.807) is 12.1 Å². The molecule has 1 aliphatic rings. The van der Waals surface area contributed by atoms with E-state index in [1.165, 1.54) is 23.9 Å². The van der Waals surface area contributed by atoms with E-state index in [0.29, 0.717) is 25.4 Å². The minimum absolute atomic E-state index is 0.0814. The summed E-state index contributed by atoms with van der Waals surface area (Å²) in [6.45, 7) is 3.29. The van der Waals surface area contributed by atoms with Crippen molar-refractivity contribution in [1.29, 1.82) is 10.5 Å². The van der Waals surface area contributed by atoms with Crippen LogP contribution in [0.25, 0.3) is 0 Å². The Bertz CT molecular complexity index is 597. The summed E-state index contributed by atoms with van der Waals surface area (Å²) in [5, 5.41) is 21.6. The van der Waals surface area contributed by atoms with Crippen molar-refractivity contribution in [3.8, 4) is 12.1 Å². The molecule has 1 atom stereocenters. The molecule has 0 spiro atoms. The zero-order valence-corrected chi connectivity index (χ0v) is 14.5. The van der Waals surface area contributed by atoms with E-state index < -0.39 is 5.54 Å². The van der Waals surface area contributed by atoms with E-state index >= 15 is 0 Å². The fourth-order valence-electron chi connectivity index (χ4n) is 2.62. The van der Waals surface area contributed by atoms with Gasteiger partial charge in [-0.15, -0.1) is 0 Å². The quantitative estimate of drug-likeness (QED) is 0.810. The molecule has 0 aromatic heterocycles. The fourth-order valence-corrected chi connectivity index (χ4v) is 3.28. The molecule has 1 aromatic carbocycles. The number of nitrogens with zero attached hydrogens (tertiary/aromatic N) is 3. The second-order valence-electron chi connectivity index (χ2n) is 5.80. The third-order valence-electron chi connectivity index (χ3n) is 3.92. The van der Waals surface area contributed by atoms with Crippen LogP contribution in [0.5, 0.6) is 0 Å². The maximum absolute atomic E-state index is 13.0. The molecule has 128 valence electrons. The number of halogens is 1. The average Bonchev–Trinajstić information content (AvgIpc) is 2.61. The second kappa shape index (κ2) is 9.00. The summed E-state index contributed by atoms with van der Waals surface area (Å²) in [5.41, 5.74) is -0.127.